The molecule has 1 amide bonds. The smallest absolute Gasteiger partial charge is 0.265 e. The van der Waals surface area contributed by atoms with Crippen molar-refractivity contribution in [3.8, 4) is 5.75 Å². The van der Waals surface area contributed by atoms with Gasteiger partial charge in [0.25, 0.3) is 5.91 Å². The van der Waals surface area contributed by atoms with Crippen LogP contribution >= 0.6 is 0 Å². The normalized spacial score (nSPS) is 11.8. The van der Waals surface area contributed by atoms with Crippen molar-refractivity contribution in [2.75, 3.05) is 5.32 Å². The van der Waals surface area contributed by atoms with Gasteiger partial charge < -0.3 is 10.1 Å². The third kappa shape index (κ3) is 3.88. The number of aryl methyl sites for hydroxylation is 2. The van der Waals surface area contributed by atoms with E-state index < -0.39 is 6.10 Å². The summed E-state index contributed by atoms with van der Waals surface area (Å²) in [5.74, 6) is 0.582. The van der Waals surface area contributed by atoms with Crippen LogP contribution in [0.2, 0.25) is 0 Å². The van der Waals surface area contributed by atoms with Crippen LogP contribution in [0.4, 0.5) is 5.69 Å². The molecule has 3 nitrogen and oxygen atoms in total. The number of amides is 1. The van der Waals surface area contributed by atoms with E-state index in [-0.39, 0.29) is 5.91 Å². The lowest BCUT2D eigenvalue weighted by atomic mass is 10.1. The van der Waals surface area contributed by atoms with Gasteiger partial charge in [0.15, 0.2) is 6.10 Å². The average molecular weight is 297 g/mol. The van der Waals surface area contributed by atoms with E-state index in [1.165, 1.54) is 5.56 Å². The summed E-state index contributed by atoms with van der Waals surface area (Å²) in [4.78, 5) is 12.3. The topological polar surface area (TPSA) is 38.3 Å². The van der Waals surface area contributed by atoms with Gasteiger partial charge in [0.1, 0.15) is 5.75 Å². The molecule has 116 valence electrons. The largest absolute Gasteiger partial charge is 0.481 e. The fourth-order valence-corrected chi connectivity index (χ4v) is 2.22. The number of rotatable bonds is 5. The molecule has 0 fully saturated rings. The van der Waals surface area contributed by atoms with E-state index in [4.69, 9.17) is 4.74 Å². The molecule has 1 unspecified atom stereocenters. The van der Waals surface area contributed by atoms with Crippen molar-refractivity contribution in [1.29, 1.82) is 0 Å². The van der Waals surface area contributed by atoms with Gasteiger partial charge in [0, 0.05) is 5.69 Å². The summed E-state index contributed by atoms with van der Waals surface area (Å²) in [7, 11) is 0. The van der Waals surface area contributed by atoms with Gasteiger partial charge in [-0.1, -0.05) is 31.2 Å². The molecule has 1 N–H and O–H groups in total. The highest BCUT2D eigenvalue weighted by Crippen LogP contribution is 2.19. The van der Waals surface area contributed by atoms with E-state index in [1.54, 1.807) is 6.92 Å². The van der Waals surface area contributed by atoms with E-state index in [0.717, 1.165) is 29.0 Å². The van der Waals surface area contributed by atoms with Crippen LogP contribution in [0.1, 0.15) is 30.5 Å². The zero-order chi connectivity index (χ0) is 16.1. The predicted octanol–water partition coefficient (Wildman–Crippen LogP) is 4.27. The van der Waals surface area contributed by atoms with Crippen molar-refractivity contribution in [3.63, 3.8) is 0 Å². The molecule has 0 aliphatic carbocycles. The maximum Gasteiger partial charge on any atom is 0.265 e. The molecule has 0 bridgehead atoms. The Balaban J connectivity index is 2.04. The molecule has 0 heterocycles. The molecular weight excluding hydrogens is 274 g/mol. The number of hydrogen-bond acceptors (Lipinski definition) is 2. The van der Waals surface area contributed by atoms with Gasteiger partial charge >= 0.3 is 0 Å². The molecule has 0 aliphatic rings. The summed E-state index contributed by atoms with van der Waals surface area (Å²) in [6.45, 7) is 7.89. The van der Waals surface area contributed by atoms with E-state index in [1.807, 2.05) is 56.3 Å². The van der Waals surface area contributed by atoms with Crippen LogP contribution in [0.25, 0.3) is 0 Å². The minimum atomic E-state index is -0.549. The highest BCUT2D eigenvalue weighted by molar-refractivity contribution is 5.94. The van der Waals surface area contributed by atoms with E-state index in [9.17, 15) is 4.79 Å². The molecular formula is C19H23NO2. The second-order valence-electron chi connectivity index (χ2n) is 5.50. The summed E-state index contributed by atoms with van der Waals surface area (Å²) in [5.41, 5.74) is 4.26. The lowest BCUT2D eigenvalue weighted by molar-refractivity contribution is -0.122. The maximum atomic E-state index is 12.3. The fourth-order valence-electron chi connectivity index (χ4n) is 2.22. The van der Waals surface area contributed by atoms with Crippen LogP contribution in [0.5, 0.6) is 5.75 Å². The number of carbonyl (C=O) groups is 1. The van der Waals surface area contributed by atoms with Gasteiger partial charge in [-0.05, 0) is 62.1 Å². The molecule has 2 aromatic rings. The quantitative estimate of drug-likeness (QED) is 0.895. The molecule has 2 rings (SSSR count). The first-order valence-corrected chi connectivity index (χ1v) is 7.64. The van der Waals surface area contributed by atoms with Crippen molar-refractivity contribution in [1.82, 2.24) is 0 Å². The van der Waals surface area contributed by atoms with Crippen molar-refractivity contribution in [2.45, 2.75) is 40.2 Å². The van der Waals surface area contributed by atoms with Crippen molar-refractivity contribution in [2.24, 2.45) is 0 Å². The second-order valence-corrected chi connectivity index (χ2v) is 5.50. The standard InChI is InChI=1S/C19H23NO2/c1-5-16-9-7-10-17(12-16)22-15(4)19(21)20-18-11-6-8-13(2)14(18)3/h6-12,15H,5H2,1-4H3,(H,20,21). The lowest BCUT2D eigenvalue weighted by Crippen LogP contribution is -2.30. The van der Waals surface area contributed by atoms with Crippen LogP contribution in [0, 0.1) is 13.8 Å². The van der Waals surface area contributed by atoms with Crippen molar-refractivity contribution in [3.05, 3.63) is 59.2 Å². The summed E-state index contributed by atoms with van der Waals surface area (Å²) >= 11 is 0. The molecule has 22 heavy (non-hydrogen) atoms. The Hall–Kier alpha value is -2.29. The van der Waals surface area contributed by atoms with Gasteiger partial charge in [-0.2, -0.15) is 0 Å². The Morgan fingerprint density at radius 3 is 2.64 bits per heavy atom. The molecule has 1 atom stereocenters. The highest BCUT2D eigenvalue weighted by Gasteiger charge is 2.16. The van der Waals surface area contributed by atoms with Crippen LogP contribution in [-0.2, 0) is 11.2 Å². The minimum absolute atomic E-state index is 0.143. The van der Waals surface area contributed by atoms with Gasteiger partial charge in [0.05, 0.1) is 0 Å². The Morgan fingerprint density at radius 2 is 1.91 bits per heavy atom. The van der Waals surface area contributed by atoms with E-state index in [0.29, 0.717) is 0 Å². The minimum Gasteiger partial charge on any atom is -0.481 e. The van der Waals surface area contributed by atoms with Crippen LogP contribution < -0.4 is 10.1 Å². The maximum absolute atomic E-state index is 12.3. The Kier molecular flexibility index (Phi) is 5.21. The molecule has 0 spiro atoms. The molecule has 0 saturated heterocycles. The Labute approximate surface area is 132 Å². The number of benzene rings is 2. The van der Waals surface area contributed by atoms with Gasteiger partial charge in [-0.15, -0.1) is 0 Å². The monoisotopic (exact) mass is 297 g/mol. The number of carbonyl (C=O) groups excluding carboxylic acids is 1. The first kappa shape index (κ1) is 16.1. The average Bonchev–Trinajstić information content (AvgIpc) is 2.52. The molecule has 2 aromatic carbocycles. The van der Waals surface area contributed by atoms with Crippen LogP contribution in [0.15, 0.2) is 42.5 Å². The Bertz CT molecular complexity index is 664. The number of hydrogen-bond donors (Lipinski definition) is 1. The van der Waals surface area contributed by atoms with Gasteiger partial charge in [-0.3, -0.25) is 4.79 Å². The van der Waals surface area contributed by atoms with Crippen molar-refractivity contribution < 1.29 is 9.53 Å². The number of nitrogens with one attached hydrogen (secondary N) is 1. The third-order valence-electron chi connectivity index (χ3n) is 3.85. The zero-order valence-electron chi connectivity index (χ0n) is 13.6. The van der Waals surface area contributed by atoms with Crippen molar-refractivity contribution >= 4 is 11.6 Å². The molecule has 0 aliphatic heterocycles. The van der Waals surface area contributed by atoms with E-state index >= 15 is 0 Å². The summed E-state index contributed by atoms with van der Waals surface area (Å²) in [6, 6.07) is 13.7. The summed E-state index contributed by atoms with van der Waals surface area (Å²) < 4.78 is 5.75. The molecule has 3 heteroatoms. The molecule has 0 radical (unpaired) electrons. The Morgan fingerprint density at radius 1 is 1.18 bits per heavy atom. The number of ether oxygens (including phenoxy) is 1. The zero-order valence-corrected chi connectivity index (χ0v) is 13.6. The fraction of sp³-hybridized carbons (Fsp3) is 0.316. The first-order valence-electron chi connectivity index (χ1n) is 7.64. The van der Waals surface area contributed by atoms with Gasteiger partial charge in [-0.25, -0.2) is 0 Å². The lowest BCUT2D eigenvalue weighted by Gasteiger charge is -2.16. The third-order valence-corrected chi connectivity index (χ3v) is 3.85. The van der Waals surface area contributed by atoms with E-state index in [2.05, 4.69) is 12.2 Å². The van der Waals surface area contributed by atoms with Crippen LogP contribution in [0.3, 0.4) is 0 Å². The number of anilines is 1. The van der Waals surface area contributed by atoms with Gasteiger partial charge in [0.2, 0.25) is 0 Å². The highest BCUT2D eigenvalue weighted by atomic mass is 16.5. The first-order chi connectivity index (χ1) is 10.5. The molecule has 0 aromatic heterocycles. The second kappa shape index (κ2) is 7.12. The molecule has 0 saturated carbocycles. The summed E-state index contributed by atoms with van der Waals surface area (Å²) in [6.07, 6.45) is 0.396. The van der Waals surface area contributed by atoms with Crippen LogP contribution in [-0.4, -0.2) is 12.0 Å². The summed E-state index contributed by atoms with van der Waals surface area (Å²) in [5, 5.41) is 2.94. The SMILES string of the molecule is CCc1cccc(OC(C)C(=O)Nc2cccc(C)c2C)c1. The predicted molar refractivity (Wildman–Crippen MR) is 90.5 cm³/mol.